The molecule has 29 nitrogen and oxygen atoms in total. The molecule has 0 aliphatic carbocycles. The molecule has 1 aromatic carbocycles. The molecule has 1 aromatic heterocycles. The van der Waals surface area contributed by atoms with E-state index in [4.69, 9.17) is 75.9 Å². The zero-order valence-electron chi connectivity index (χ0n) is 55.7. The van der Waals surface area contributed by atoms with Crippen LogP contribution >= 0.6 is 0 Å². The molecule has 7 atom stereocenters. The number of ketones is 2. The predicted octanol–water partition coefficient (Wildman–Crippen LogP) is 1.02. The molecule has 3 heterocycles. The standard InChI is InChI=1S/C64H102N4O23.CO2/c1-46(2)52(62(76)66-47(3)54(69)40-48-8-9-51(44-91-63(77)64(4,5)6)50(38-48)10-11-57-61(75)60(74)56(71)45-90-57)41-55(70)53(68-58(72)12-13-59(68)73)39-49-42-65-67(43-49)14-15-79-18-19-81-22-23-83-26-27-85-30-31-87-34-35-89-37-36-88-33-32-86-29-28-84-25-24-82-21-20-80-17-16-78-7;2-1-3/h8-9,12-13,38,42-43,46-47,52-53,56-57,60-61,71,74-75H,10-11,14-37,39-41,44-45H2,1-7H3,(H,66,76);/t47-,52-,53?,56+,57-,60-,61-;/m0./s1. The molecule has 3 amide bonds. The highest BCUT2D eigenvalue weighted by molar-refractivity contribution is 6.15. The van der Waals surface area contributed by atoms with Crippen LogP contribution in [-0.2, 0) is 137 Å². The van der Waals surface area contributed by atoms with Gasteiger partial charge in [0.15, 0.2) is 11.6 Å². The van der Waals surface area contributed by atoms with Gasteiger partial charge >= 0.3 is 12.1 Å². The smallest absolute Gasteiger partial charge is 0.373 e. The van der Waals surface area contributed by atoms with Crippen molar-refractivity contribution < 1.29 is 120 Å². The van der Waals surface area contributed by atoms with E-state index in [-0.39, 0.29) is 56.7 Å². The molecule has 29 heteroatoms. The van der Waals surface area contributed by atoms with Gasteiger partial charge in [0.1, 0.15) is 31.0 Å². The monoisotopic (exact) mass is 1340 g/mol. The normalized spacial score (nSPS) is 17.4. The summed E-state index contributed by atoms with van der Waals surface area (Å²) >= 11 is 0. The Kier molecular flexibility index (Phi) is 43.0. The molecule has 0 spiro atoms. The van der Waals surface area contributed by atoms with Crippen LogP contribution in [0.15, 0.2) is 42.7 Å². The van der Waals surface area contributed by atoms with E-state index in [0.717, 1.165) is 17.1 Å². The van der Waals surface area contributed by atoms with Crippen LogP contribution in [0.3, 0.4) is 0 Å². The van der Waals surface area contributed by atoms with Gasteiger partial charge in [0, 0.05) is 50.6 Å². The van der Waals surface area contributed by atoms with Gasteiger partial charge in [-0.25, -0.2) is 0 Å². The number of carbonyl (C=O) groups excluding carboxylic acids is 8. The summed E-state index contributed by atoms with van der Waals surface area (Å²) < 4.78 is 78.4. The number of nitrogens with zero attached hydrogens (tertiary/aromatic N) is 3. The van der Waals surface area contributed by atoms with Crippen LogP contribution in [0.2, 0.25) is 0 Å². The van der Waals surface area contributed by atoms with Crippen molar-refractivity contribution in [2.45, 2.75) is 123 Å². The van der Waals surface area contributed by atoms with Crippen molar-refractivity contribution in [1.29, 1.82) is 0 Å². The first-order valence-corrected chi connectivity index (χ1v) is 31.9. The lowest BCUT2D eigenvalue weighted by Crippen LogP contribution is -2.52. The van der Waals surface area contributed by atoms with E-state index in [2.05, 4.69) is 10.4 Å². The van der Waals surface area contributed by atoms with Gasteiger partial charge < -0.3 is 87.0 Å². The van der Waals surface area contributed by atoms with Crippen LogP contribution < -0.4 is 5.32 Å². The minimum atomic E-state index is -1.38. The van der Waals surface area contributed by atoms with Gasteiger partial charge in [0.05, 0.1) is 189 Å². The molecule has 1 fully saturated rings. The highest BCUT2D eigenvalue weighted by atomic mass is 16.6. The van der Waals surface area contributed by atoms with E-state index < -0.39 is 77.3 Å². The van der Waals surface area contributed by atoms with Crippen molar-refractivity contribution in [3.63, 3.8) is 0 Å². The van der Waals surface area contributed by atoms with Crippen LogP contribution in [0, 0.1) is 17.3 Å². The zero-order chi connectivity index (χ0) is 68.9. The van der Waals surface area contributed by atoms with E-state index in [1.54, 1.807) is 83.9 Å². The number of carbonyl (C=O) groups is 6. The fourth-order valence-corrected chi connectivity index (χ4v) is 9.21. The van der Waals surface area contributed by atoms with Crippen LogP contribution in [-0.4, -0.2) is 274 Å². The molecule has 2 aliphatic rings. The maximum Gasteiger partial charge on any atom is 0.373 e. The Labute approximate surface area is 550 Å². The molecule has 2 aromatic rings. The fourth-order valence-electron chi connectivity index (χ4n) is 9.21. The van der Waals surface area contributed by atoms with E-state index in [1.165, 1.54) is 0 Å². The first-order chi connectivity index (χ1) is 45.2. The summed E-state index contributed by atoms with van der Waals surface area (Å²) in [5, 5.41) is 37.9. The van der Waals surface area contributed by atoms with Gasteiger partial charge in [0.25, 0.3) is 11.8 Å². The van der Waals surface area contributed by atoms with Crippen molar-refractivity contribution in [2.75, 3.05) is 166 Å². The molecule has 0 radical (unpaired) electrons. The average molecular weight is 1340 g/mol. The van der Waals surface area contributed by atoms with Crippen LogP contribution in [0.4, 0.5) is 0 Å². The minimum absolute atomic E-state index is 0.0487. The Morgan fingerprint density at radius 3 is 1.55 bits per heavy atom. The first kappa shape index (κ1) is 82.6. The lowest BCUT2D eigenvalue weighted by atomic mass is 9.86. The molecular formula is C65H102N4O25. The summed E-state index contributed by atoms with van der Waals surface area (Å²) in [7, 11) is 1.63. The molecule has 532 valence electrons. The number of ether oxygens (including phenoxy) is 14. The number of aliphatic hydroxyl groups is 3. The lowest BCUT2D eigenvalue weighted by molar-refractivity contribution is -0.192. The van der Waals surface area contributed by atoms with E-state index in [0.29, 0.717) is 187 Å². The largest absolute Gasteiger partial charge is 0.460 e. The fraction of sp³-hybridized carbons (Fsp3) is 0.723. The molecule has 1 saturated heterocycles. The summed E-state index contributed by atoms with van der Waals surface area (Å²) in [6, 6.07) is 3.04. The Morgan fingerprint density at radius 2 is 1.11 bits per heavy atom. The molecule has 1 unspecified atom stereocenters. The number of methoxy groups -OCH3 is 1. The highest BCUT2D eigenvalue weighted by Gasteiger charge is 2.40. The molecule has 0 bridgehead atoms. The number of aryl methyl sites for hydroxylation is 1. The summed E-state index contributed by atoms with van der Waals surface area (Å²) in [6.07, 6.45) is 1.07. The van der Waals surface area contributed by atoms with Gasteiger partial charge in [-0.3, -0.25) is 38.3 Å². The Hall–Kier alpha value is -5.67. The number of hydrogen-bond donors (Lipinski definition) is 4. The van der Waals surface area contributed by atoms with Gasteiger partial charge in [-0.05, 0) is 68.7 Å². The van der Waals surface area contributed by atoms with Gasteiger partial charge in [0.2, 0.25) is 5.91 Å². The second kappa shape index (κ2) is 48.9. The van der Waals surface area contributed by atoms with E-state index in [9.17, 15) is 44.1 Å². The summed E-state index contributed by atoms with van der Waals surface area (Å²) in [5.74, 6) is -4.42. The number of aromatic nitrogens is 2. The average Bonchev–Trinajstić information content (AvgIpc) is 1.66. The number of benzene rings is 1. The van der Waals surface area contributed by atoms with Gasteiger partial charge in [-0.1, -0.05) is 32.0 Å². The number of imide groups is 1. The number of hydrogen-bond acceptors (Lipinski definition) is 26. The Balaban J connectivity index is 0.00000753. The number of Topliss-reactive ketones (excluding diaryl/α,β-unsaturated/α-hetero) is 2. The number of aliphatic hydroxyl groups excluding tert-OH is 3. The molecule has 0 saturated carbocycles. The van der Waals surface area contributed by atoms with Crippen molar-refractivity contribution in [3.05, 3.63) is 65.0 Å². The van der Waals surface area contributed by atoms with Crippen molar-refractivity contribution in [2.24, 2.45) is 17.3 Å². The van der Waals surface area contributed by atoms with Crippen LogP contribution in [0.1, 0.15) is 76.6 Å². The molecular weight excluding hydrogens is 1240 g/mol. The Morgan fingerprint density at radius 1 is 0.649 bits per heavy atom. The zero-order valence-corrected chi connectivity index (χ0v) is 55.7. The van der Waals surface area contributed by atoms with Crippen molar-refractivity contribution >= 4 is 41.4 Å². The second-order valence-electron chi connectivity index (χ2n) is 23.3. The SMILES string of the molecule is COCCOCCOCCOCCOCCOCCOCCOCCOCCOCCOCCOCCn1cc(CC(C(=O)C[C@H](C(=O)N[C@@H](C)C(=O)Cc2ccc(COC(=O)C(C)(C)C)c(CC[C@@H]3OC[C@@H](O)[C@H](O)[C@H]3O)c2)C(C)C)N2C(=O)C=CC2=O)cn1.O=C=O. The Bertz CT molecular complexity index is 2520. The third-order valence-corrected chi connectivity index (χ3v) is 14.6. The number of rotatable bonds is 53. The predicted molar refractivity (Wildman–Crippen MR) is 333 cm³/mol. The number of esters is 1. The molecule has 4 rings (SSSR count). The third kappa shape index (κ3) is 34.3. The number of nitrogens with one attached hydrogen (secondary N) is 1. The van der Waals surface area contributed by atoms with Crippen molar-refractivity contribution in [3.8, 4) is 0 Å². The summed E-state index contributed by atoms with van der Waals surface area (Å²) in [6.45, 7) is 20.8. The highest BCUT2D eigenvalue weighted by Crippen LogP contribution is 2.26. The second-order valence-corrected chi connectivity index (χ2v) is 23.3. The van der Waals surface area contributed by atoms with E-state index in [1.807, 2.05) is 0 Å². The van der Waals surface area contributed by atoms with Crippen LogP contribution in [0.25, 0.3) is 0 Å². The molecule has 2 aliphatic heterocycles. The maximum atomic E-state index is 14.3. The minimum Gasteiger partial charge on any atom is -0.460 e. The first-order valence-electron chi connectivity index (χ1n) is 31.9. The maximum absolute atomic E-state index is 14.3. The van der Waals surface area contributed by atoms with Crippen LogP contribution in [0.5, 0.6) is 0 Å². The van der Waals surface area contributed by atoms with E-state index >= 15 is 0 Å². The molecule has 94 heavy (non-hydrogen) atoms. The van der Waals surface area contributed by atoms with Gasteiger partial charge in [-0.15, -0.1) is 0 Å². The summed E-state index contributed by atoms with van der Waals surface area (Å²) in [4.78, 5) is 97.8. The molecule has 4 N–H and O–H groups in total. The quantitative estimate of drug-likeness (QED) is 0.0408. The topological polar surface area (TPSA) is 360 Å². The summed E-state index contributed by atoms with van der Waals surface area (Å²) in [5.41, 5.74) is 1.80. The van der Waals surface area contributed by atoms with Crippen molar-refractivity contribution in [1.82, 2.24) is 20.0 Å². The van der Waals surface area contributed by atoms with Gasteiger partial charge in [-0.2, -0.15) is 14.7 Å². The lowest BCUT2D eigenvalue weighted by Gasteiger charge is -2.35. The number of amides is 3. The third-order valence-electron chi connectivity index (χ3n) is 14.6.